The average Bonchev–Trinajstić information content (AvgIpc) is 2.30. The van der Waals surface area contributed by atoms with E-state index in [1.54, 1.807) is 12.1 Å². The molecular weight excluding hydrogens is 234 g/mol. The van der Waals surface area contributed by atoms with E-state index in [-0.39, 0.29) is 17.5 Å². The van der Waals surface area contributed by atoms with Gasteiger partial charge in [0.05, 0.1) is 14.2 Å². The first kappa shape index (κ1) is 12.7. The Kier molecular flexibility index (Phi) is 4.52. The van der Waals surface area contributed by atoms with Crippen LogP contribution in [-0.4, -0.2) is 36.4 Å². The molecule has 1 rings (SSSR count). The van der Waals surface area contributed by atoms with E-state index in [0.29, 0.717) is 5.56 Å². The number of rotatable bonds is 4. The van der Waals surface area contributed by atoms with Gasteiger partial charge in [-0.15, -0.1) is 0 Å². The van der Waals surface area contributed by atoms with Crippen LogP contribution in [0.25, 0.3) is 0 Å². The van der Waals surface area contributed by atoms with E-state index in [0.717, 1.165) is 0 Å². The Hall–Kier alpha value is -1.33. The van der Waals surface area contributed by atoms with Crippen molar-refractivity contribution in [3.05, 3.63) is 22.8 Å². The number of hydrogen-bond acceptors (Lipinski definition) is 5. The summed E-state index contributed by atoms with van der Waals surface area (Å²) in [5.41, 5.74) is 0.588. The molecule has 0 fully saturated rings. The highest BCUT2D eigenvalue weighted by molar-refractivity contribution is 6.29. The summed E-state index contributed by atoms with van der Waals surface area (Å²) in [6.45, 7) is 0. The Morgan fingerprint density at radius 2 is 2.25 bits per heavy atom. The molecule has 0 saturated heterocycles. The third-order valence-electron chi connectivity index (χ3n) is 1.98. The van der Waals surface area contributed by atoms with E-state index in [4.69, 9.17) is 16.3 Å². The van der Waals surface area contributed by atoms with E-state index in [1.807, 2.05) is 0 Å². The van der Waals surface area contributed by atoms with Gasteiger partial charge in [0.15, 0.2) is 6.10 Å². The number of aliphatic hydroxyl groups is 1. The van der Waals surface area contributed by atoms with Crippen molar-refractivity contribution in [3.63, 3.8) is 0 Å². The molecule has 1 heterocycles. The minimum Gasteiger partial charge on any atom is -0.481 e. The van der Waals surface area contributed by atoms with Crippen LogP contribution in [0.3, 0.4) is 0 Å². The molecule has 5 nitrogen and oxygen atoms in total. The summed E-state index contributed by atoms with van der Waals surface area (Å²) in [7, 11) is 2.65. The SMILES string of the molecule is COC(=O)C(O)Cc1ccc(Cl)nc1OC. The zero-order valence-electron chi connectivity index (χ0n) is 8.94. The molecule has 0 aliphatic carbocycles. The lowest BCUT2D eigenvalue weighted by Crippen LogP contribution is -2.24. The predicted octanol–water partition coefficient (Wildman–Crippen LogP) is 0.820. The average molecular weight is 246 g/mol. The summed E-state index contributed by atoms with van der Waals surface area (Å²) in [6.07, 6.45) is -1.16. The minimum absolute atomic E-state index is 0.0695. The van der Waals surface area contributed by atoms with Crippen molar-refractivity contribution in [2.45, 2.75) is 12.5 Å². The Morgan fingerprint density at radius 1 is 1.56 bits per heavy atom. The maximum Gasteiger partial charge on any atom is 0.335 e. The monoisotopic (exact) mass is 245 g/mol. The maximum atomic E-state index is 11.0. The zero-order chi connectivity index (χ0) is 12.1. The molecule has 1 aromatic heterocycles. The predicted molar refractivity (Wildman–Crippen MR) is 57.5 cm³/mol. The topological polar surface area (TPSA) is 68.7 Å². The molecule has 0 aliphatic heterocycles. The molecule has 0 bridgehead atoms. The van der Waals surface area contributed by atoms with Crippen molar-refractivity contribution in [3.8, 4) is 5.88 Å². The van der Waals surface area contributed by atoms with E-state index >= 15 is 0 Å². The number of aromatic nitrogens is 1. The van der Waals surface area contributed by atoms with E-state index in [1.165, 1.54) is 14.2 Å². The number of pyridine rings is 1. The first-order chi connectivity index (χ1) is 7.58. The number of halogens is 1. The normalized spacial score (nSPS) is 12.0. The molecule has 16 heavy (non-hydrogen) atoms. The van der Waals surface area contributed by atoms with Gasteiger partial charge in [-0.1, -0.05) is 17.7 Å². The van der Waals surface area contributed by atoms with Gasteiger partial charge in [0.2, 0.25) is 5.88 Å². The van der Waals surface area contributed by atoms with Crippen molar-refractivity contribution in [2.75, 3.05) is 14.2 Å². The smallest absolute Gasteiger partial charge is 0.335 e. The van der Waals surface area contributed by atoms with Crippen molar-refractivity contribution in [2.24, 2.45) is 0 Å². The molecule has 1 aromatic rings. The number of methoxy groups -OCH3 is 2. The summed E-state index contributed by atoms with van der Waals surface area (Å²) in [5, 5.41) is 9.75. The standard InChI is InChI=1S/C10H12ClNO4/c1-15-9-6(3-4-8(11)12-9)5-7(13)10(14)16-2/h3-4,7,13H,5H2,1-2H3. The lowest BCUT2D eigenvalue weighted by molar-refractivity contribution is -0.150. The Bertz CT molecular complexity index is 383. The zero-order valence-corrected chi connectivity index (χ0v) is 9.69. The number of carbonyl (C=O) groups excluding carboxylic acids is 1. The quantitative estimate of drug-likeness (QED) is 0.628. The van der Waals surface area contributed by atoms with Crippen LogP contribution >= 0.6 is 11.6 Å². The lowest BCUT2D eigenvalue weighted by atomic mass is 10.1. The number of nitrogens with zero attached hydrogens (tertiary/aromatic N) is 1. The summed E-state index contributed by atoms with van der Waals surface area (Å²) in [4.78, 5) is 14.9. The molecule has 6 heteroatoms. The maximum absolute atomic E-state index is 11.0. The molecule has 0 amide bonds. The van der Waals surface area contributed by atoms with Gasteiger partial charge < -0.3 is 14.6 Å². The van der Waals surface area contributed by atoms with Gasteiger partial charge in [-0.05, 0) is 6.07 Å². The van der Waals surface area contributed by atoms with Crippen LogP contribution in [0.1, 0.15) is 5.56 Å². The lowest BCUT2D eigenvalue weighted by Gasteiger charge is -2.10. The van der Waals surface area contributed by atoms with Gasteiger partial charge in [0.1, 0.15) is 5.15 Å². The summed E-state index contributed by atoms with van der Waals surface area (Å²) in [6, 6.07) is 3.20. The number of esters is 1. The Balaban J connectivity index is 2.84. The molecule has 0 saturated carbocycles. The van der Waals surface area contributed by atoms with Gasteiger partial charge in [0, 0.05) is 12.0 Å². The van der Waals surface area contributed by atoms with E-state index in [2.05, 4.69) is 9.72 Å². The van der Waals surface area contributed by atoms with E-state index < -0.39 is 12.1 Å². The van der Waals surface area contributed by atoms with Crippen LogP contribution in [0.4, 0.5) is 0 Å². The van der Waals surface area contributed by atoms with Crippen LogP contribution in [0.5, 0.6) is 5.88 Å². The third kappa shape index (κ3) is 3.08. The molecule has 1 unspecified atom stereocenters. The fourth-order valence-corrected chi connectivity index (χ4v) is 1.35. The van der Waals surface area contributed by atoms with Crippen molar-refractivity contribution in [1.82, 2.24) is 4.98 Å². The first-order valence-electron chi connectivity index (χ1n) is 4.53. The second-order valence-electron chi connectivity index (χ2n) is 3.05. The molecule has 0 aromatic carbocycles. The van der Waals surface area contributed by atoms with Gasteiger partial charge in [-0.25, -0.2) is 9.78 Å². The van der Waals surface area contributed by atoms with Crippen LogP contribution in [0.2, 0.25) is 5.15 Å². The number of hydrogen-bond donors (Lipinski definition) is 1. The Labute approximate surface area is 98.0 Å². The minimum atomic E-state index is -1.23. The second kappa shape index (κ2) is 5.67. The van der Waals surface area contributed by atoms with Crippen molar-refractivity contribution in [1.29, 1.82) is 0 Å². The molecular formula is C10H12ClNO4. The summed E-state index contributed by atoms with van der Waals surface area (Å²) in [5.74, 6) is -0.410. The highest BCUT2D eigenvalue weighted by Gasteiger charge is 2.18. The van der Waals surface area contributed by atoms with Gasteiger partial charge in [-0.3, -0.25) is 0 Å². The molecule has 0 spiro atoms. The fourth-order valence-electron chi connectivity index (χ4n) is 1.21. The van der Waals surface area contributed by atoms with Crippen LogP contribution < -0.4 is 4.74 Å². The number of carbonyl (C=O) groups is 1. The number of aliphatic hydroxyl groups excluding tert-OH is 1. The highest BCUT2D eigenvalue weighted by Crippen LogP contribution is 2.20. The molecule has 1 N–H and O–H groups in total. The molecule has 1 atom stereocenters. The summed E-state index contributed by atoms with van der Waals surface area (Å²) < 4.78 is 9.39. The van der Waals surface area contributed by atoms with Gasteiger partial charge in [0.25, 0.3) is 0 Å². The molecule has 0 aliphatic rings. The van der Waals surface area contributed by atoms with Gasteiger partial charge >= 0.3 is 5.97 Å². The van der Waals surface area contributed by atoms with E-state index in [9.17, 15) is 9.90 Å². The van der Waals surface area contributed by atoms with Crippen molar-refractivity contribution < 1.29 is 19.4 Å². The third-order valence-corrected chi connectivity index (χ3v) is 2.20. The van der Waals surface area contributed by atoms with Crippen molar-refractivity contribution >= 4 is 17.6 Å². The molecule has 0 radical (unpaired) electrons. The van der Waals surface area contributed by atoms with Crippen LogP contribution in [0.15, 0.2) is 12.1 Å². The number of ether oxygens (including phenoxy) is 2. The second-order valence-corrected chi connectivity index (χ2v) is 3.43. The van der Waals surface area contributed by atoms with Crippen LogP contribution in [-0.2, 0) is 16.0 Å². The largest absolute Gasteiger partial charge is 0.481 e. The van der Waals surface area contributed by atoms with Gasteiger partial charge in [-0.2, -0.15) is 0 Å². The fraction of sp³-hybridized carbons (Fsp3) is 0.400. The highest BCUT2D eigenvalue weighted by atomic mass is 35.5. The van der Waals surface area contributed by atoms with Crippen LogP contribution in [0, 0.1) is 0 Å². The first-order valence-corrected chi connectivity index (χ1v) is 4.91. The molecule has 88 valence electrons. The Morgan fingerprint density at radius 3 is 2.81 bits per heavy atom. The summed E-state index contributed by atoms with van der Waals surface area (Å²) >= 11 is 5.68.